The molecule has 0 aliphatic rings. The van der Waals surface area contributed by atoms with Crippen molar-refractivity contribution < 1.29 is 13.2 Å². The highest BCUT2D eigenvalue weighted by atomic mass is 79.9. The van der Waals surface area contributed by atoms with Gasteiger partial charge in [0.2, 0.25) is 0 Å². The molecule has 0 fully saturated rings. The Hall–Kier alpha value is -1.04. The number of fused-ring (bicyclic) bond motifs is 1. The fourth-order valence-corrected chi connectivity index (χ4v) is 1.79. The van der Waals surface area contributed by atoms with E-state index in [1.165, 1.54) is 16.8 Å². The minimum Gasteiger partial charge on any atom is -0.335 e. The van der Waals surface area contributed by atoms with Gasteiger partial charge in [0.05, 0.1) is 5.56 Å². The second-order valence-electron chi connectivity index (χ2n) is 3.18. The average Bonchev–Trinajstić information content (AvgIpc) is 2.42. The van der Waals surface area contributed by atoms with Crippen molar-refractivity contribution in [1.29, 1.82) is 0 Å². The van der Waals surface area contributed by atoms with Gasteiger partial charge in [-0.1, -0.05) is 0 Å². The smallest absolute Gasteiger partial charge is 0.335 e. The van der Waals surface area contributed by atoms with Gasteiger partial charge in [-0.15, -0.1) is 0 Å². The molecule has 0 saturated carbocycles. The lowest BCUT2D eigenvalue weighted by Gasteiger charge is -2.03. The van der Waals surface area contributed by atoms with Crippen LogP contribution in [0.3, 0.4) is 0 Å². The monoisotopic (exact) mass is 278 g/mol. The number of alkyl halides is 3. The molecular formula is C9H6BrF3N2. The zero-order chi connectivity index (χ0) is 11.2. The van der Waals surface area contributed by atoms with E-state index >= 15 is 0 Å². The number of rotatable bonds is 0. The van der Waals surface area contributed by atoms with E-state index in [4.69, 9.17) is 0 Å². The number of nitrogens with zero attached hydrogens (tertiary/aromatic N) is 2. The summed E-state index contributed by atoms with van der Waals surface area (Å²) in [6.45, 7) is 0. The summed E-state index contributed by atoms with van der Waals surface area (Å²) >= 11 is 3.10. The summed E-state index contributed by atoms with van der Waals surface area (Å²) in [5.41, 5.74) is -0.334. The molecule has 2 heterocycles. The van der Waals surface area contributed by atoms with Gasteiger partial charge in [0.25, 0.3) is 0 Å². The number of pyridine rings is 1. The second kappa shape index (κ2) is 3.23. The first-order valence-corrected chi connectivity index (χ1v) is 4.86. The van der Waals surface area contributed by atoms with Gasteiger partial charge in [0.15, 0.2) is 0 Å². The van der Waals surface area contributed by atoms with E-state index in [1.807, 2.05) is 0 Å². The topological polar surface area (TPSA) is 17.8 Å². The van der Waals surface area contributed by atoms with Crippen LogP contribution in [0.15, 0.2) is 22.9 Å². The van der Waals surface area contributed by atoms with Gasteiger partial charge in [-0.3, -0.25) is 0 Å². The highest BCUT2D eigenvalue weighted by Crippen LogP contribution is 2.35. The van der Waals surface area contributed by atoms with Crippen molar-refractivity contribution in [3.05, 3.63) is 28.5 Å². The van der Waals surface area contributed by atoms with Crippen molar-refractivity contribution in [2.45, 2.75) is 6.18 Å². The fraction of sp³-hybridized carbons (Fsp3) is 0.222. The van der Waals surface area contributed by atoms with Crippen molar-refractivity contribution in [2.24, 2.45) is 7.05 Å². The molecule has 0 saturated heterocycles. The lowest BCUT2D eigenvalue weighted by molar-refractivity contribution is -0.136. The third-order valence-electron chi connectivity index (χ3n) is 2.09. The second-order valence-corrected chi connectivity index (χ2v) is 4.09. The lowest BCUT2D eigenvalue weighted by atomic mass is 10.2. The Bertz CT molecular complexity index is 516. The van der Waals surface area contributed by atoms with Crippen LogP contribution >= 0.6 is 15.9 Å². The van der Waals surface area contributed by atoms with E-state index in [2.05, 4.69) is 20.9 Å². The zero-order valence-corrected chi connectivity index (χ0v) is 9.22. The van der Waals surface area contributed by atoms with E-state index in [0.29, 0.717) is 10.1 Å². The quantitative estimate of drug-likeness (QED) is 0.723. The summed E-state index contributed by atoms with van der Waals surface area (Å²) < 4.78 is 39.7. The molecule has 2 aromatic rings. The first kappa shape index (κ1) is 10.5. The van der Waals surface area contributed by atoms with Crippen molar-refractivity contribution >= 4 is 27.0 Å². The zero-order valence-electron chi connectivity index (χ0n) is 7.64. The molecule has 15 heavy (non-hydrogen) atoms. The van der Waals surface area contributed by atoms with Crippen LogP contribution in [0.4, 0.5) is 13.2 Å². The van der Waals surface area contributed by atoms with E-state index < -0.39 is 11.7 Å². The summed E-state index contributed by atoms with van der Waals surface area (Å²) in [7, 11) is 1.54. The molecule has 6 heteroatoms. The Morgan fingerprint density at radius 1 is 1.40 bits per heavy atom. The number of hydrogen-bond acceptors (Lipinski definition) is 1. The molecule has 2 rings (SSSR count). The SMILES string of the molecule is Cn1cc(C(F)(F)F)c2cc(Br)cnc21. The van der Waals surface area contributed by atoms with Gasteiger partial charge in [0.1, 0.15) is 5.65 Å². The van der Waals surface area contributed by atoms with Gasteiger partial charge in [0, 0.05) is 29.3 Å². The highest BCUT2D eigenvalue weighted by molar-refractivity contribution is 9.10. The van der Waals surface area contributed by atoms with Gasteiger partial charge in [-0.05, 0) is 22.0 Å². The van der Waals surface area contributed by atoms with Crippen LogP contribution in [0.25, 0.3) is 11.0 Å². The Labute approximate surface area is 91.8 Å². The van der Waals surface area contributed by atoms with Crippen molar-refractivity contribution in [3.8, 4) is 0 Å². The maximum Gasteiger partial charge on any atom is 0.418 e. The van der Waals surface area contributed by atoms with Crippen LogP contribution in [0.2, 0.25) is 0 Å². The number of hydrogen-bond donors (Lipinski definition) is 0. The van der Waals surface area contributed by atoms with E-state index in [9.17, 15) is 13.2 Å². The van der Waals surface area contributed by atoms with Crippen molar-refractivity contribution in [3.63, 3.8) is 0 Å². The molecule has 0 amide bonds. The van der Waals surface area contributed by atoms with Crippen LogP contribution in [0, 0.1) is 0 Å². The van der Waals surface area contributed by atoms with Crippen molar-refractivity contribution in [2.75, 3.05) is 0 Å². The Morgan fingerprint density at radius 2 is 2.07 bits per heavy atom. The molecule has 0 atom stereocenters. The number of halogens is 4. The van der Waals surface area contributed by atoms with Gasteiger partial charge >= 0.3 is 6.18 Å². The van der Waals surface area contributed by atoms with Crippen LogP contribution in [-0.2, 0) is 13.2 Å². The van der Waals surface area contributed by atoms with Crippen molar-refractivity contribution in [1.82, 2.24) is 9.55 Å². The molecule has 0 bridgehead atoms. The summed E-state index contributed by atoms with van der Waals surface area (Å²) in [5, 5.41) is 0.111. The lowest BCUT2D eigenvalue weighted by Crippen LogP contribution is -2.03. The van der Waals surface area contributed by atoms with Crippen LogP contribution in [0.5, 0.6) is 0 Å². The van der Waals surface area contributed by atoms with Gasteiger partial charge in [-0.25, -0.2) is 4.98 Å². The predicted molar refractivity (Wildman–Crippen MR) is 53.4 cm³/mol. The summed E-state index contributed by atoms with van der Waals surface area (Å²) in [4.78, 5) is 3.93. The maximum absolute atomic E-state index is 12.6. The molecule has 0 aromatic carbocycles. The Morgan fingerprint density at radius 3 is 2.67 bits per heavy atom. The minimum absolute atomic E-state index is 0.111. The summed E-state index contributed by atoms with van der Waals surface area (Å²) in [5.74, 6) is 0. The maximum atomic E-state index is 12.6. The van der Waals surface area contributed by atoms with E-state index in [-0.39, 0.29) is 5.39 Å². The molecule has 80 valence electrons. The van der Waals surface area contributed by atoms with Crippen LogP contribution < -0.4 is 0 Å². The normalized spacial score (nSPS) is 12.3. The molecule has 0 N–H and O–H groups in total. The minimum atomic E-state index is -4.35. The Balaban J connectivity index is 2.81. The third kappa shape index (κ3) is 1.73. The van der Waals surface area contributed by atoms with E-state index in [1.54, 1.807) is 7.05 Å². The average molecular weight is 279 g/mol. The summed E-state index contributed by atoms with van der Waals surface area (Å²) in [6.07, 6.45) is -1.82. The first-order chi connectivity index (χ1) is 6.89. The van der Waals surface area contributed by atoms with Gasteiger partial charge in [-0.2, -0.15) is 13.2 Å². The summed E-state index contributed by atoms with van der Waals surface area (Å²) in [6, 6.07) is 1.42. The molecule has 0 aliphatic heterocycles. The molecule has 2 nitrogen and oxygen atoms in total. The van der Waals surface area contributed by atoms with E-state index in [0.717, 1.165) is 6.20 Å². The molecule has 0 radical (unpaired) electrons. The Kier molecular flexibility index (Phi) is 2.26. The largest absolute Gasteiger partial charge is 0.418 e. The molecule has 2 aromatic heterocycles. The molecular weight excluding hydrogens is 273 g/mol. The first-order valence-electron chi connectivity index (χ1n) is 4.07. The molecule has 0 spiro atoms. The van der Waals surface area contributed by atoms with Gasteiger partial charge < -0.3 is 4.57 Å². The van der Waals surface area contributed by atoms with Crippen LogP contribution in [0.1, 0.15) is 5.56 Å². The number of aromatic nitrogens is 2. The predicted octanol–water partition coefficient (Wildman–Crippen LogP) is 3.35. The number of aryl methyl sites for hydroxylation is 1. The third-order valence-corrected chi connectivity index (χ3v) is 2.52. The fourth-order valence-electron chi connectivity index (χ4n) is 1.46. The molecule has 0 aliphatic carbocycles. The standard InChI is InChI=1S/C9H6BrF3N2/c1-15-4-7(9(11,12)13)6-2-5(10)3-14-8(6)15/h2-4H,1H3. The van der Waals surface area contributed by atoms with Crippen LogP contribution in [-0.4, -0.2) is 9.55 Å². The highest BCUT2D eigenvalue weighted by Gasteiger charge is 2.34. The molecule has 0 unspecified atom stereocenters.